The van der Waals surface area contributed by atoms with Gasteiger partial charge in [-0.05, 0) is 255 Å². The van der Waals surface area contributed by atoms with Crippen LogP contribution in [0.4, 0.5) is 0 Å². The van der Waals surface area contributed by atoms with Gasteiger partial charge in [0.1, 0.15) is 0 Å². The normalized spacial score (nSPS) is 23.9. The van der Waals surface area contributed by atoms with Crippen molar-refractivity contribution in [2.24, 2.45) is 23.7 Å². The lowest BCUT2D eigenvalue weighted by Gasteiger charge is -2.42. The fraction of sp³-hybridized carbons (Fsp3) is 0.866. The zero-order chi connectivity index (χ0) is 51.9. The number of hydrogen-bond acceptors (Lipinski definition) is 8. The van der Waals surface area contributed by atoms with Gasteiger partial charge in [0.15, 0.2) is 0 Å². The molecule has 8 heteroatoms. The number of piperidine rings is 3. The van der Waals surface area contributed by atoms with Gasteiger partial charge in [-0.15, -0.1) is 0 Å². The lowest BCUT2D eigenvalue weighted by Crippen LogP contribution is -2.51. The lowest BCUT2D eigenvalue weighted by molar-refractivity contribution is 0.0690. The lowest BCUT2D eigenvalue weighted by atomic mass is 9.94. The summed E-state index contributed by atoms with van der Waals surface area (Å²) < 4.78 is 0. The molecule has 2 saturated carbocycles. The Morgan fingerprint density at radius 1 is 0.453 bits per heavy atom. The van der Waals surface area contributed by atoms with Gasteiger partial charge < -0.3 is 15.1 Å². The van der Waals surface area contributed by atoms with E-state index in [0.29, 0.717) is 28.1 Å². The second kappa shape index (κ2) is 35.2. The maximum absolute atomic E-state index is 4.32. The first kappa shape index (κ1) is 75.4. The number of nitrogens with one attached hydrogen (secondary N) is 1. The first-order chi connectivity index (χ1) is 32.7. The zero-order valence-corrected chi connectivity index (χ0v) is 49.6. The third-order valence-corrected chi connectivity index (χ3v) is 16.6. The fourth-order valence-electron chi connectivity index (χ4n) is 11.4. The molecule has 2 aromatic rings. The van der Waals surface area contributed by atoms with Crippen molar-refractivity contribution in [3.8, 4) is 0 Å². The number of benzene rings is 1. The van der Waals surface area contributed by atoms with Gasteiger partial charge in [-0.2, -0.15) is 0 Å². The van der Waals surface area contributed by atoms with Gasteiger partial charge in [-0.1, -0.05) is 75.6 Å². The van der Waals surface area contributed by atoms with Crippen molar-refractivity contribution in [3.05, 3.63) is 42.1 Å². The molecule has 2 bridgehead atoms. The molecule has 4 unspecified atom stereocenters. The number of fused-ring (bicyclic) bond motifs is 4. The number of aromatic nitrogens is 1. The second-order valence-electron chi connectivity index (χ2n) is 27.5. The Bertz CT molecular complexity index is 1650. The van der Waals surface area contributed by atoms with Gasteiger partial charge >= 0.3 is 0 Å². The first-order valence-electron chi connectivity index (χ1n) is 29.3. The van der Waals surface area contributed by atoms with E-state index in [-0.39, 0.29) is 37.1 Å². The second-order valence-corrected chi connectivity index (χ2v) is 27.5. The molecule has 6 aliphatic heterocycles. The summed E-state index contributed by atoms with van der Waals surface area (Å²) in [5, 5.41) is 4.62. The van der Waals surface area contributed by atoms with Crippen molar-refractivity contribution in [1.82, 2.24) is 39.7 Å². The summed E-state index contributed by atoms with van der Waals surface area (Å²) in [6, 6.07) is 12.0. The van der Waals surface area contributed by atoms with Crippen LogP contribution in [0.2, 0.25) is 0 Å². The van der Waals surface area contributed by atoms with E-state index in [1.54, 1.807) is 0 Å². The van der Waals surface area contributed by atoms with Crippen molar-refractivity contribution in [2.75, 3.05) is 91.6 Å². The molecule has 0 radical (unpaired) electrons. The highest BCUT2D eigenvalue weighted by atomic mass is 15.2. The Kier molecular flexibility index (Phi) is 35.4. The van der Waals surface area contributed by atoms with Gasteiger partial charge in [0.05, 0.1) is 5.52 Å². The minimum Gasteiger partial charge on any atom is -0.314 e. The summed E-state index contributed by atoms with van der Waals surface area (Å²) in [5.74, 6) is 4.83. The zero-order valence-electron chi connectivity index (χ0n) is 49.6. The quantitative estimate of drug-likeness (QED) is 0.326. The molecule has 10 rings (SSSR count). The summed E-state index contributed by atoms with van der Waals surface area (Å²) in [6.07, 6.45) is 16.4. The van der Waals surface area contributed by atoms with E-state index >= 15 is 0 Å². The van der Waals surface area contributed by atoms with Crippen molar-refractivity contribution in [2.45, 2.75) is 266 Å². The van der Waals surface area contributed by atoms with Crippen molar-refractivity contribution in [1.29, 1.82) is 0 Å². The molecule has 1 aromatic heterocycles. The Balaban J connectivity index is 0. The predicted molar refractivity (Wildman–Crippen MR) is 341 cm³/mol. The van der Waals surface area contributed by atoms with Crippen LogP contribution < -0.4 is 5.32 Å². The molecule has 8 fully saturated rings. The predicted octanol–water partition coefficient (Wildman–Crippen LogP) is 16.3. The molecule has 8 aliphatic rings. The number of rotatable bonds is 3. The number of piperazine rings is 1. The average Bonchev–Trinajstić information content (AvgIpc) is 3.61. The third kappa shape index (κ3) is 26.9. The maximum Gasteiger partial charge on any atom is 0.0704 e. The molecule has 7 heterocycles. The Hall–Kier alpha value is -1.65. The topological polar surface area (TPSA) is 44.4 Å². The van der Waals surface area contributed by atoms with Gasteiger partial charge in [-0.25, -0.2) is 0 Å². The molecule has 1 N–H and O–H groups in total. The molecule has 6 saturated heterocycles. The highest BCUT2D eigenvalue weighted by Crippen LogP contribution is 2.45. The molecule has 75 heavy (non-hydrogen) atoms. The number of likely N-dealkylation sites (tertiary alicyclic amines) is 5. The maximum atomic E-state index is 4.32. The fourth-order valence-corrected chi connectivity index (χ4v) is 11.4. The highest BCUT2D eigenvalue weighted by Gasteiger charge is 2.45. The van der Waals surface area contributed by atoms with Crippen LogP contribution >= 0.6 is 0 Å². The Morgan fingerprint density at radius 2 is 0.880 bits per heavy atom. The molecule has 444 valence electrons. The molecular formula is C67H136N8. The molecular weight excluding hydrogens is 917 g/mol. The van der Waals surface area contributed by atoms with Gasteiger partial charge in [-0.3, -0.25) is 24.6 Å². The molecule has 8 nitrogen and oxygen atoms in total. The first-order valence-corrected chi connectivity index (χ1v) is 29.3. The van der Waals surface area contributed by atoms with E-state index < -0.39 is 0 Å². The van der Waals surface area contributed by atoms with E-state index in [0.717, 1.165) is 54.4 Å². The van der Waals surface area contributed by atoms with Crippen LogP contribution in [-0.4, -0.2) is 160 Å². The van der Waals surface area contributed by atoms with Crippen LogP contribution in [0.15, 0.2) is 36.5 Å². The average molecular weight is 1050 g/mol. The van der Waals surface area contributed by atoms with Crippen LogP contribution in [0.3, 0.4) is 0 Å². The SMILES string of the molecule is C.C.C.C.C.CC(C)(C)N1CC2CCC(C2)C1.CC(C)(C)N1CCC1.CC(C)(C)N1CCCCC1.CC(C)(C)N1CCNCC1.CC(C)N1CC2CC2C1.CC(C)N1CCCC1.CC(C)c1cccc2ncccc12. The Morgan fingerprint density at radius 3 is 1.23 bits per heavy atom. The molecule has 0 spiro atoms. The van der Waals surface area contributed by atoms with Crippen LogP contribution in [0.25, 0.3) is 10.9 Å². The van der Waals surface area contributed by atoms with Gasteiger partial charge in [0.2, 0.25) is 0 Å². The van der Waals surface area contributed by atoms with Crippen LogP contribution in [-0.2, 0) is 0 Å². The minimum atomic E-state index is 0. The molecule has 4 atom stereocenters. The van der Waals surface area contributed by atoms with Crippen LogP contribution in [0, 0.1) is 23.7 Å². The number of hydrogen-bond donors (Lipinski definition) is 1. The highest BCUT2D eigenvalue weighted by molar-refractivity contribution is 5.82. The van der Waals surface area contributed by atoms with Crippen molar-refractivity contribution >= 4 is 10.9 Å². The largest absolute Gasteiger partial charge is 0.314 e. The van der Waals surface area contributed by atoms with E-state index in [4.69, 9.17) is 0 Å². The molecule has 2 aliphatic carbocycles. The summed E-state index contributed by atoms with van der Waals surface area (Å²) >= 11 is 0. The summed E-state index contributed by atoms with van der Waals surface area (Å²) in [7, 11) is 0. The van der Waals surface area contributed by atoms with Gasteiger partial charge in [0, 0.05) is 98.2 Å². The smallest absolute Gasteiger partial charge is 0.0704 e. The molecule has 1 aromatic carbocycles. The van der Waals surface area contributed by atoms with E-state index in [1.165, 1.54) is 154 Å². The van der Waals surface area contributed by atoms with Crippen molar-refractivity contribution < 1.29 is 0 Å². The number of pyridine rings is 1. The monoisotopic (exact) mass is 1050 g/mol. The summed E-state index contributed by atoms with van der Waals surface area (Å²) in [4.78, 5) is 19.7. The summed E-state index contributed by atoms with van der Waals surface area (Å²) in [6.45, 7) is 59.2. The minimum absolute atomic E-state index is 0. The van der Waals surface area contributed by atoms with E-state index in [2.05, 4.69) is 189 Å². The van der Waals surface area contributed by atoms with Crippen LogP contribution in [0.1, 0.15) is 237 Å². The Labute approximate surface area is 472 Å². The van der Waals surface area contributed by atoms with Crippen molar-refractivity contribution in [3.63, 3.8) is 0 Å². The standard InChI is InChI=1S/C12H13N.C11H21N.C9H19N.C8H18N2.C8H15N.2C7H15N.5CH4/c1-9(2)10-5-3-7-12-11(10)6-4-8-13-12;1-11(2,3)12-7-9-4-5-10(6-9)8-12;1-9(2,3)10-7-5-4-6-8-10;1-8(2,3)10-6-4-9-5-7-10;1-6(2)9-4-7-3-8(7)5-9;1-7(2,3)8-5-4-6-8;1-7(2)8-5-3-4-6-8;;;;;/h3-9H,1-2H3;9-10H,4-8H2,1-3H3;4-8H2,1-3H3;9H,4-7H2,1-3H3;6-8H,3-5H2,1-2H3;4-6H2,1-3H3;7H,3-6H2,1-2H3;5*1H4. The summed E-state index contributed by atoms with van der Waals surface area (Å²) in [5.41, 5.74) is 4.07. The van der Waals surface area contributed by atoms with Gasteiger partial charge in [0.25, 0.3) is 0 Å². The number of nitrogens with zero attached hydrogens (tertiary/aromatic N) is 7. The van der Waals surface area contributed by atoms with E-state index in [9.17, 15) is 0 Å². The van der Waals surface area contributed by atoms with Crippen LogP contribution in [0.5, 0.6) is 0 Å². The third-order valence-electron chi connectivity index (χ3n) is 16.6. The molecule has 0 amide bonds. The van der Waals surface area contributed by atoms with E-state index in [1.807, 2.05) is 12.3 Å².